The van der Waals surface area contributed by atoms with E-state index in [9.17, 15) is 0 Å². The second kappa shape index (κ2) is 5.60. The van der Waals surface area contributed by atoms with Gasteiger partial charge in [-0.05, 0) is 24.6 Å². The Labute approximate surface area is 112 Å². The molecule has 0 aliphatic rings. The van der Waals surface area contributed by atoms with Crippen LogP contribution < -0.4 is 11.1 Å². The SMILES string of the molecule is Cc1cccc(CNc2cc(C(N)=S)ccn2)c1. The summed E-state index contributed by atoms with van der Waals surface area (Å²) in [7, 11) is 0. The van der Waals surface area contributed by atoms with Gasteiger partial charge in [-0.3, -0.25) is 0 Å². The topological polar surface area (TPSA) is 50.9 Å². The highest BCUT2D eigenvalue weighted by Gasteiger charge is 1.99. The molecule has 1 aromatic carbocycles. The summed E-state index contributed by atoms with van der Waals surface area (Å²) in [5.74, 6) is 0.779. The first-order valence-corrected chi connectivity index (χ1v) is 6.11. The summed E-state index contributed by atoms with van der Waals surface area (Å²) in [5, 5.41) is 3.26. The van der Waals surface area contributed by atoms with Crippen LogP contribution in [0.2, 0.25) is 0 Å². The Balaban J connectivity index is 2.06. The summed E-state index contributed by atoms with van der Waals surface area (Å²) in [6, 6.07) is 12.0. The van der Waals surface area contributed by atoms with Gasteiger partial charge in [-0.2, -0.15) is 0 Å². The first-order chi connectivity index (χ1) is 8.65. The molecule has 1 aromatic heterocycles. The zero-order chi connectivity index (χ0) is 13.0. The van der Waals surface area contributed by atoms with Gasteiger partial charge < -0.3 is 11.1 Å². The Bertz CT molecular complexity index is 566. The summed E-state index contributed by atoms with van der Waals surface area (Å²) in [6.45, 7) is 2.81. The van der Waals surface area contributed by atoms with Gasteiger partial charge in [0.05, 0.1) is 0 Å². The quantitative estimate of drug-likeness (QED) is 0.827. The minimum absolute atomic E-state index is 0.385. The predicted molar refractivity (Wildman–Crippen MR) is 78.6 cm³/mol. The standard InChI is InChI=1S/C14H15N3S/c1-10-3-2-4-11(7-10)9-17-13-8-12(14(15)18)5-6-16-13/h2-8H,9H2,1H3,(H2,15,18)(H,16,17). The second-order valence-corrected chi connectivity index (χ2v) is 4.58. The lowest BCUT2D eigenvalue weighted by molar-refractivity contribution is 1.10. The molecule has 0 atom stereocenters. The predicted octanol–water partition coefficient (Wildman–Crippen LogP) is 2.64. The third kappa shape index (κ3) is 3.28. The monoisotopic (exact) mass is 257 g/mol. The summed E-state index contributed by atoms with van der Waals surface area (Å²) >= 11 is 4.94. The number of nitrogens with two attached hydrogens (primary N) is 1. The zero-order valence-corrected chi connectivity index (χ0v) is 11.0. The van der Waals surface area contributed by atoms with Crippen molar-refractivity contribution in [1.29, 1.82) is 0 Å². The van der Waals surface area contributed by atoms with Crippen molar-refractivity contribution in [3.8, 4) is 0 Å². The number of anilines is 1. The normalized spacial score (nSPS) is 10.1. The third-order valence-electron chi connectivity index (χ3n) is 2.60. The average Bonchev–Trinajstić information content (AvgIpc) is 2.37. The van der Waals surface area contributed by atoms with Crippen LogP contribution in [0.3, 0.4) is 0 Å². The molecule has 1 heterocycles. The maximum Gasteiger partial charge on any atom is 0.126 e. The van der Waals surface area contributed by atoms with Crippen molar-refractivity contribution in [2.75, 3.05) is 5.32 Å². The molecule has 2 aromatic rings. The van der Waals surface area contributed by atoms with Crippen LogP contribution in [0.25, 0.3) is 0 Å². The van der Waals surface area contributed by atoms with Crippen molar-refractivity contribution in [2.45, 2.75) is 13.5 Å². The van der Waals surface area contributed by atoms with Gasteiger partial charge in [-0.25, -0.2) is 4.98 Å². The lowest BCUT2D eigenvalue weighted by atomic mass is 10.1. The molecule has 0 saturated carbocycles. The van der Waals surface area contributed by atoms with Gasteiger partial charge in [0.1, 0.15) is 10.8 Å². The molecule has 0 radical (unpaired) electrons. The van der Waals surface area contributed by atoms with Gasteiger partial charge >= 0.3 is 0 Å². The van der Waals surface area contributed by atoms with Crippen LogP contribution in [0, 0.1) is 6.92 Å². The largest absolute Gasteiger partial charge is 0.389 e. The van der Waals surface area contributed by atoms with E-state index in [1.165, 1.54) is 11.1 Å². The lowest BCUT2D eigenvalue weighted by Crippen LogP contribution is -2.10. The average molecular weight is 257 g/mol. The third-order valence-corrected chi connectivity index (χ3v) is 2.84. The summed E-state index contributed by atoms with van der Waals surface area (Å²) < 4.78 is 0. The van der Waals surface area contributed by atoms with Gasteiger partial charge in [-0.15, -0.1) is 0 Å². The number of aromatic nitrogens is 1. The molecule has 0 bridgehead atoms. The number of thiocarbonyl (C=S) groups is 1. The van der Waals surface area contributed by atoms with E-state index in [0.29, 0.717) is 4.99 Å². The minimum Gasteiger partial charge on any atom is -0.389 e. The number of pyridine rings is 1. The van der Waals surface area contributed by atoms with E-state index in [1.807, 2.05) is 12.1 Å². The Morgan fingerprint density at radius 2 is 2.17 bits per heavy atom. The van der Waals surface area contributed by atoms with Crippen LogP contribution >= 0.6 is 12.2 Å². The molecule has 0 amide bonds. The number of hydrogen-bond donors (Lipinski definition) is 2. The van der Waals surface area contributed by atoms with Gasteiger partial charge in [0.2, 0.25) is 0 Å². The van der Waals surface area contributed by atoms with Gasteiger partial charge in [0.25, 0.3) is 0 Å². The van der Waals surface area contributed by atoms with Gasteiger partial charge in [0, 0.05) is 18.3 Å². The van der Waals surface area contributed by atoms with E-state index >= 15 is 0 Å². The van der Waals surface area contributed by atoms with E-state index in [2.05, 4.69) is 35.4 Å². The van der Waals surface area contributed by atoms with Crippen LogP contribution in [0.15, 0.2) is 42.6 Å². The molecule has 0 unspecified atom stereocenters. The molecule has 18 heavy (non-hydrogen) atoms. The van der Waals surface area contributed by atoms with E-state index in [0.717, 1.165) is 17.9 Å². The van der Waals surface area contributed by atoms with Crippen molar-refractivity contribution in [1.82, 2.24) is 4.98 Å². The number of benzene rings is 1. The van der Waals surface area contributed by atoms with Crippen molar-refractivity contribution >= 4 is 23.0 Å². The Hall–Kier alpha value is -1.94. The minimum atomic E-state index is 0.385. The zero-order valence-electron chi connectivity index (χ0n) is 10.2. The molecule has 0 spiro atoms. The van der Waals surface area contributed by atoms with E-state index < -0.39 is 0 Å². The number of nitrogens with zero attached hydrogens (tertiary/aromatic N) is 1. The Morgan fingerprint density at radius 3 is 2.89 bits per heavy atom. The van der Waals surface area contributed by atoms with Crippen molar-refractivity contribution < 1.29 is 0 Å². The highest BCUT2D eigenvalue weighted by atomic mass is 32.1. The highest BCUT2D eigenvalue weighted by Crippen LogP contribution is 2.10. The fourth-order valence-electron chi connectivity index (χ4n) is 1.70. The van der Waals surface area contributed by atoms with Crippen molar-refractivity contribution in [3.63, 3.8) is 0 Å². The van der Waals surface area contributed by atoms with Crippen LogP contribution in [0.4, 0.5) is 5.82 Å². The van der Waals surface area contributed by atoms with Gasteiger partial charge in [0.15, 0.2) is 0 Å². The fourth-order valence-corrected chi connectivity index (χ4v) is 1.82. The summed E-state index contributed by atoms with van der Waals surface area (Å²) in [6.07, 6.45) is 1.70. The first kappa shape index (κ1) is 12.5. The molecule has 0 saturated heterocycles. The van der Waals surface area contributed by atoms with Crippen LogP contribution in [-0.2, 0) is 6.54 Å². The number of hydrogen-bond acceptors (Lipinski definition) is 3. The van der Waals surface area contributed by atoms with Crippen LogP contribution in [-0.4, -0.2) is 9.97 Å². The molecule has 3 nitrogen and oxygen atoms in total. The lowest BCUT2D eigenvalue weighted by Gasteiger charge is -2.07. The maximum atomic E-state index is 5.59. The van der Waals surface area contributed by atoms with E-state index in [4.69, 9.17) is 18.0 Å². The maximum absolute atomic E-state index is 5.59. The smallest absolute Gasteiger partial charge is 0.126 e. The summed E-state index contributed by atoms with van der Waals surface area (Å²) in [4.78, 5) is 4.62. The number of nitrogens with one attached hydrogen (secondary N) is 1. The highest BCUT2D eigenvalue weighted by molar-refractivity contribution is 7.80. The fraction of sp³-hybridized carbons (Fsp3) is 0.143. The second-order valence-electron chi connectivity index (χ2n) is 4.14. The molecular formula is C14H15N3S. The molecule has 3 N–H and O–H groups in total. The van der Waals surface area contributed by atoms with E-state index in [1.54, 1.807) is 12.3 Å². The molecule has 0 fully saturated rings. The van der Waals surface area contributed by atoms with Crippen LogP contribution in [0.1, 0.15) is 16.7 Å². The molecule has 0 aliphatic carbocycles. The Morgan fingerprint density at radius 1 is 1.33 bits per heavy atom. The molecule has 2 rings (SSSR count). The Kier molecular flexibility index (Phi) is 3.89. The molecule has 4 heteroatoms. The summed E-state index contributed by atoms with van der Waals surface area (Å²) in [5.41, 5.74) is 8.88. The molecular weight excluding hydrogens is 242 g/mol. The van der Waals surface area contributed by atoms with E-state index in [-0.39, 0.29) is 0 Å². The van der Waals surface area contributed by atoms with Crippen molar-refractivity contribution in [2.24, 2.45) is 5.73 Å². The first-order valence-electron chi connectivity index (χ1n) is 5.70. The van der Waals surface area contributed by atoms with Crippen LogP contribution in [0.5, 0.6) is 0 Å². The molecule has 92 valence electrons. The molecule has 0 aliphatic heterocycles. The van der Waals surface area contributed by atoms with Gasteiger partial charge in [-0.1, -0.05) is 42.0 Å². The number of aryl methyl sites for hydroxylation is 1. The number of rotatable bonds is 4. The van der Waals surface area contributed by atoms with Crippen molar-refractivity contribution in [3.05, 3.63) is 59.3 Å².